The Labute approximate surface area is 375 Å². The number of methoxy groups -OCH3 is 1. The van der Waals surface area contributed by atoms with Crippen molar-refractivity contribution in [2.45, 2.75) is 83.5 Å². The maximum absolute atomic E-state index is 14.8. The predicted octanol–water partition coefficient (Wildman–Crippen LogP) is 6.76. The van der Waals surface area contributed by atoms with Crippen LogP contribution in [0.25, 0.3) is 10.8 Å². The van der Waals surface area contributed by atoms with E-state index in [2.05, 4.69) is 40.7 Å². The number of phenols is 3. The van der Waals surface area contributed by atoms with Crippen LogP contribution in [0.4, 0.5) is 0 Å². The molecule has 340 valence electrons. The van der Waals surface area contributed by atoms with E-state index in [0.29, 0.717) is 55.6 Å². The molecule has 0 aliphatic rings. The Morgan fingerprint density at radius 1 is 0.828 bits per heavy atom. The lowest BCUT2D eigenvalue weighted by atomic mass is 9.80. The zero-order valence-electron chi connectivity index (χ0n) is 37.2. The molecule has 1 heterocycles. The molecule has 0 aliphatic heterocycles. The van der Waals surface area contributed by atoms with Crippen LogP contribution in [0.1, 0.15) is 76.3 Å². The van der Waals surface area contributed by atoms with E-state index in [0.717, 1.165) is 56.1 Å². The molecule has 9 N–H and O–H groups in total. The quantitative estimate of drug-likeness (QED) is 0.0230. The summed E-state index contributed by atoms with van der Waals surface area (Å²) in [6.45, 7) is 4.57. The maximum atomic E-state index is 14.8. The van der Waals surface area contributed by atoms with Crippen LogP contribution >= 0.6 is 0 Å². The van der Waals surface area contributed by atoms with Crippen LogP contribution in [0, 0.1) is 5.92 Å². The molecule has 12 heteroatoms. The first kappa shape index (κ1) is 47.6. The van der Waals surface area contributed by atoms with Gasteiger partial charge in [0.15, 0.2) is 23.0 Å². The van der Waals surface area contributed by atoms with Crippen LogP contribution in [-0.2, 0) is 49.9 Å². The Kier molecular flexibility index (Phi) is 16.8. The van der Waals surface area contributed by atoms with Gasteiger partial charge in [0.05, 0.1) is 19.3 Å². The smallest absolute Gasteiger partial charge is 0.164 e. The third kappa shape index (κ3) is 12.0. The van der Waals surface area contributed by atoms with E-state index in [4.69, 9.17) is 9.47 Å². The number of fused-ring (bicyclic) bond motifs is 1. The molecule has 4 unspecified atom stereocenters. The fraction of sp³-hybridized carbons (Fsp3) is 0.365. The molecule has 0 radical (unpaired) electrons. The van der Waals surface area contributed by atoms with Gasteiger partial charge in [0, 0.05) is 56.4 Å². The van der Waals surface area contributed by atoms with Gasteiger partial charge in [0.25, 0.3) is 0 Å². The zero-order chi connectivity index (χ0) is 45.8. The van der Waals surface area contributed by atoms with Crippen LogP contribution in [-0.4, -0.2) is 87.7 Å². The van der Waals surface area contributed by atoms with Crippen LogP contribution in [0.3, 0.4) is 0 Å². The van der Waals surface area contributed by atoms with E-state index >= 15 is 0 Å². The summed E-state index contributed by atoms with van der Waals surface area (Å²) in [6.07, 6.45) is 4.50. The van der Waals surface area contributed by atoms with Crippen molar-refractivity contribution >= 4 is 16.6 Å². The third-order valence-corrected chi connectivity index (χ3v) is 12.0. The molecule has 0 fully saturated rings. The normalized spacial score (nSPS) is 13.4. The monoisotopic (exact) mass is 873 g/mol. The number of Topliss-reactive ketones (excluding diaryl/α,β-unsaturated/α-hetero) is 1. The summed E-state index contributed by atoms with van der Waals surface area (Å²) in [5.74, 6) is -0.984. The van der Waals surface area contributed by atoms with Crippen LogP contribution < -0.4 is 20.1 Å². The second kappa shape index (κ2) is 22.6. The Morgan fingerprint density at radius 2 is 1.62 bits per heavy atom. The molecular formula is C52H63N3O9. The average molecular weight is 874 g/mol. The number of H-pyrrole nitrogens is 1. The van der Waals surface area contributed by atoms with E-state index in [1.54, 1.807) is 44.3 Å². The lowest BCUT2D eigenvalue weighted by Crippen LogP contribution is -2.30. The number of aromatic amines is 1. The van der Waals surface area contributed by atoms with Crippen molar-refractivity contribution in [2.24, 2.45) is 5.92 Å². The molecule has 0 spiro atoms. The van der Waals surface area contributed by atoms with Crippen molar-refractivity contribution in [3.8, 4) is 28.7 Å². The fourth-order valence-corrected chi connectivity index (χ4v) is 8.87. The standard InChI is InChI=1S/C52H63N3O9/c1-5-36-10-11-37-7-6-8-38(16-18-56)51(37)44(36)26-45-39(12-14-47(60)52(45)63-4)24-41(19-34-15-17-54-30-34)48(61)27-49(62)43(40-20-35(29-53-3)21-42(58)25-40)22-33-9-13-46(59)50(23-33)64-31-55-28-32(2)57/h6-15,17,20-21,23,25,30,32,41,43,48,53-61H,5,16,18-19,22,24,26-29,31H2,1-4H3. The number of carbonyl (C=O) groups is 1. The Hall–Kier alpha value is -5.89. The van der Waals surface area contributed by atoms with Crippen molar-refractivity contribution in [3.63, 3.8) is 0 Å². The van der Waals surface area contributed by atoms with Crippen LogP contribution in [0.5, 0.6) is 28.7 Å². The number of ketones is 1. The molecule has 0 bridgehead atoms. The number of hydrogen-bond acceptors (Lipinski definition) is 11. The summed E-state index contributed by atoms with van der Waals surface area (Å²) in [5, 5.41) is 72.9. The highest BCUT2D eigenvalue weighted by atomic mass is 16.5. The number of rotatable bonds is 24. The van der Waals surface area contributed by atoms with Crippen molar-refractivity contribution in [1.82, 2.24) is 15.6 Å². The predicted molar refractivity (Wildman–Crippen MR) is 250 cm³/mol. The maximum Gasteiger partial charge on any atom is 0.164 e. The minimum atomic E-state index is -1.11. The van der Waals surface area contributed by atoms with E-state index in [-0.39, 0.29) is 55.0 Å². The topological polar surface area (TPSA) is 197 Å². The van der Waals surface area contributed by atoms with Crippen molar-refractivity contribution in [3.05, 3.63) is 147 Å². The van der Waals surface area contributed by atoms with Crippen molar-refractivity contribution in [2.75, 3.05) is 34.0 Å². The molecule has 6 aromatic rings. The third-order valence-electron chi connectivity index (χ3n) is 12.0. The molecule has 4 atom stereocenters. The number of nitrogens with one attached hydrogen (secondary N) is 3. The van der Waals surface area contributed by atoms with Gasteiger partial charge in [-0.2, -0.15) is 0 Å². The Balaban J connectivity index is 1.36. The SMILES string of the molecule is CCc1ccc2cccc(CCO)c2c1Cc1c(CC(Cc2cc[nH]c2)C(O)CC(=O)C(Cc2ccc(O)c(OCNCC(C)O)c2)c2cc(O)cc(CNC)c2)ccc(O)c1OC. The number of phenolic OH excluding ortho intramolecular Hbond substituents is 3. The fourth-order valence-electron chi connectivity index (χ4n) is 8.87. The van der Waals surface area contributed by atoms with Crippen molar-refractivity contribution < 1.29 is 44.9 Å². The number of aromatic nitrogens is 1. The first-order valence-corrected chi connectivity index (χ1v) is 22.1. The second-order valence-corrected chi connectivity index (χ2v) is 16.7. The highest BCUT2D eigenvalue weighted by Crippen LogP contribution is 2.40. The summed E-state index contributed by atoms with van der Waals surface area (Å²) in [5.41, 5.74) is 7.93. The van der Waals surface area contributed by atoms with Gasteiger partial charge in [-0.3, -0.25) is 10.1 Å². The van der Waals surface area contributed by atoms with Gasteiger partial charge < -0.3 is 50.4 Å². The molecule has 6 rings (SSSR count). The summed E-state index contributed by atoms with van der Waals surface area (Å²) >= 11 is 0. The second-order valence-electron chi connectivity index (χ2n) is 16.7. The summed E-state index contributed by atoms with van der Waals surface area (Å²) in [6, 6.07) is 25.8. The number of aryl methyl sites for hydroxylation is 1. The number of ether oxygens (including phenoxy) is 2. The average Bonchev–Trinajstić information content (AvgIpc) is 3.79. The van der Waals surface area contributed by atoms with Gasteiger partial charge >= 0.3 is 0 Å². The molecule has 0 saturated carbocycles. The molecular weight excluding hydrogens is 811 g/mol. The first-order valence-electron chi connectivity index (χ1n) is 22.1. The molecule has 5 aromatic carbocycles. The highest BCUT2D eigenvalue weighted by molar-refractivity contribution is 5.90. The number of hydrogen-bond donors (Lipinski definition) is 9. The first-order chi connectivity index (χ1) is 30.9. The largest absolute Gasteiger partial charge is 0.508 e. The van der Waals surface area contributed by atoms with Gasteiger partial charge in [-0.25, -0.2) is 0 Å². The number of benzene rings is 5. The van der Waals surface area contributed by atoms with Gasteiger partial charge in [-0.15, -0.1) is 0 Å². The lowest BCUT2D eigenvalue weighted by Gasteiger charge is -2.27. The molecule has 0 aliphatic carbocycles. The Morgan fingerprint density at radius 3 is 2.34 bits per heavy atom. The van der Waals surface area contributed by atoms with Gasteiger partial charge in [-0.05, 0) is 144 Å². The van der Waals surface area contributed by atoms with Gasteiger partial charge in [0.2, 0.25) is 0 Å². The Bertz CT molecular complexity index is 2470. The minimum absolute atomic E-state index is 0.00145. The van der Waals surface area contributed by atoms with Gasteiger partial charge in [-0.1, -0.05) is 55.5 Å². The summed E-state index contributed by atoms with van der Waals surface area (Å²) < 4.78 is 11.7. The molecule has 0 saturated heterocycles. The number of aliphatic hydroxyl groups is 3. The van der Waals surface area contributed by atoms with Gasteiger partial charge in [0.1, 0.15) is 18.3 Å². The highest BCUT2D eigenvalue weighted by Gasteiger charge is 2.30. The van der Waals surface area contributed by atoms with E-state index in [1.165, 1.54) is 13.2 Å². The van der Waals surface area contributed by atoms with Crippen LogP contribution in [0.2, 0.25) is 0 Å². The minimum Gasteiger partial charge on any atom is -0.508 e. The molecule has 12 nitrogen and oxygen atoms in total. The number of aliphatic hydroxyl groups excluding tert-OH is 3. The number of carbonyl (C=O) groups excluding carboxylic acids is 1. The summed E-state index contributed by atoms with van der Waals surface area (Å²) in [7, 11) is 3.34. The number of aromatic hydroxyl groups is 3. The lowest BCUT2D eigenvalue weighted by molar-refractivity contribution is -0.123. The molecule has 1 aromatic heterocycles. The zero-order valence-corrected chi connectivity index (χ0v) is 37.2. The van der Waals surface area contributed by atoms with E-state index in [1.807, 2.05) is 42.7 Å². The van der Waals surface area contributed by atoms with Crippen LogP contribution in [0.15, 0.2) is 97.3 Å². The summed E-state index contributed by atoms with van der Waals surface area (Å²) in [4.78, 5) is 17.9. The van der Waals surface area contributed by atoms with E-state index in [9.17, 15) is 35.4 Å². The molecule has 0 amide bonds. The molecule has 64 heavy (non-hydrogen) atoms. The van der Waals surface area contributed by atoms with E-state index < -0.39 is 24.0 Å². The van der Waals surface area contributed by atoms with Crippen molar-refractivity contribution in [1.29, 1.82) is 0 Å².